The second-order valence-corrected chi connectivity index (χ2v) is 10.4. The van der Waals surface area contributed by atoms with E-state index in [1.807, 2.05) is 12.1 Å². The first kappa shape index (κ1) is 26.5. The standard InChI is InChI=1S/C26H24Cl2N6O3S/c27-20-5-4-18(15-21(20)28)31-26(35)34(36)19-3-1-2-17(14-19)25-24(22-6-8-29-16-30-22)32-23(38-25)7-9-33-10-12-37-13-11-33/h1-6,8,14-16,36H,7,9-13H2,(H,31,35). The molecule has 0 unspecified atom stereocenters. The van der Waals surface area contributed by atoms with Crippen LogP contribution in [0.5, 0.6) is 0 Å². The van der Waals surface area contributed by atoms with E-state index in [2.05, 4.69) is 20.2 Å². The molecule has 2 aromatic carbocycles. The van der Waals surface area contributed by atoms with E-state index in [1.54, 1.807) is 47.9 Å². The molecule has 2 amide bonds. The van der Waals surface area contributed by atoms with Crippen LogP contribution in [0.2, 0.25) is 10.0 Å². The number of benzene rings is 2. The molecule has 2 N–H and O–H groups in total. The number of morpholine rings is 1. The normalized spacial score (nSPS) is 13.9. The van der Waals surface area contributed by atoms with Crippen LogP contribution in [0.1, 0.15) is 5.01 Å². The molecule has 4 aromatic rings. The first-order chi connectivity index (χ1) is 18.5. The SMILES string of the molecule is O=C(Nc1ccc(Cl)c(Cl)c1)N(O)c1cccc(-c2sc(CCN3CCOCC3)nc2-c2ccncn2)c1. The number of carbonyl (C=O) groups is 1. The predicted molar refractivity (Wildman–Crippen MR) is 149 cm³/mol. The highest BCUT2D eigenvalue weighted by molar-refractivity contribution is 7.15. The maximum Gasteiger partial charge on any atom is 0.350 e. The quantitative estimate of drug-likeness (QED) is 0.211. The van der Waals surface area contributed by atoms with Gasteiger partial charge in [0.15, 0.2) is 0 Å². The van der Waals surface area contributed by atoms with Gasteiger partial charge in [-0.2, -0.15) is 5.06 Å². The number of aromatic nitrogens is 3. The Bertz CT molecular complexity index is 1420. The molecule has 0 atom stereocenters. The van der Waals surface area contributed by atoms with Crippen LogP contribution in [0.3, 0.4) is 0 Å². The zero-order chi connectivity index (χ0) is 26.5. The third-order valence-corrected chi connectivity index (χ3v) is 7.86. The molecule has 9 nitrogen and oxygen atoms in total. The van der Waals surface area contributed by atoms with Gasteiger partial charge in [-0.1, -0.05) is 35.3 Å². The van der Waals surface area contributed by atoms with Gasteiger partial charge in [-0.05, 0) is 42.0 Å². The number of nitrogens with one attached hydrogen (secondary N) is 1. The van der Waals surface area contributed by atoms with Gasteiger partial charge < -0.3 is 10.1 Å². The molecule has 1 aliphatic rings. The zero-order valence-electron chi connectivity index (χ0n) is 20.2. The van der Waals surface area contributed by atoms with Gasteiger partial charge in [0.2, 0.25) is 0 Å². The molecule has 3 heterocycles. The molecule has 196 valence electrons. The first-order valence-corrected chi connectivity index (χ1v) is 13.5. The number of nitrogens with zero attached hydrogens (tertiary/aromatic N) is 5. The maximum absolute atomic E-state index is 12.7. The fourth-order valence-corrected chi connectivity index (χ4v) is 5.35. The Morgan fingerprint density at radius 2 is 1.97 bits per heavy atom. The number of hydrogen-bond acceptors (Lipinski definition) is 8. The number of anilines is 2. The second-order valence-electron chi connectivity index (χ2n) is 8.51. The van der Waals surface area contributed by atoms with Crippen LogP contribution in [-0.2, 0) is 11.2 Å². The summed E-state index contributed by atoms with van der Waals surface area (Å²) in [4.78, 5) is 29.3. The summed E-state index contributed by atoms with van der Waals surface area (Å²) in [6, 6.07) is 12.8. The first-order valence-electron chi connectivity index (χ1n) is 11.9. The molecule has 0 radical (unpaired) electrons. The minimum atomic E-state index is -0.743. The van der Waals surface area contributed by atoms with Crippen molar-refractivity contribution >= 4 is 51.9 Å². The summed E-state index contributed by atoms with van der Waals surface area (Å²) in [5, 5.41) is 15.5. The molecule has 12 heteroatoms. The minimum absolute atomic E-state index is 0.289. The van der Waals surface area contributed by atoms with Crippen LogP contribution in [0, 0.1) is 0 Å². The molecule has 0 saturated carbocycles. The summed E-state index contributed by atoms with van der Waals surface area (Å²) in [7, 11) is 0. The highest BCUT2D eigenvalue weighted by Crippen LogP contribution is 2.37. The summed E-state index contributed by atoms with van der Waals surface area (Å²) >= 11 is 13.6. The molecule has 1 aliphatic heterocycles. The molecule has 5 rings (SSSR count). The van der Waals surface area contributed by atoms with Crippen LogP contribution < -0.4 is 10.4 Å². The maximum atomic E-state index is 12.7. The lowest BCUT2D eigenvalue weighted by atomic mass is 10.1. The molecule has 2 aromatic heterocycles. The molecule has 1 fully saturated rings. The summed E-state index contributed by atoms with van der Waals surface area (Å²) in [6.45, 7) is 4.21. The van der Waals surface area contributed by atoms with Crippen molar-refractivity contribution in [3.8, 4) is 21.8 Å². The summed E-state index contributed by atoms with van der Waals surface area (Å²) in [5.41, 5.74) is 2.92. The number of ether oxygens (including phenoxy) is 1. The number of hydrogen-bond donors (Lipinski definition) is 2. The molecule has 1 saturated heterocycles. The minimum Gasteiger partial charge on any atom is -0.379 e. The van der Waals surface area contributed by atoms with Gasteiger partial charge in [0, 0.05) is 37.9 Å². The molecule has 0 spiro atoms. The van der Waals surface area contributed by atoms with Crippen molar-refractivity contribution in [2.24, 2.45) is 0 Å². The van der Waals surface area contributed by atoms with Crippen molar-refractivity contribution in [2.45, 2.75) is 6.42 Å². The number of amides is 2. The second kappa shape index (κ2) is 12.2. The number of urea groups is 1. The Kier molecular flexibility index (Phi) is 8.48. The lowest BCUT2D eigenvalue weighted by Gasteiger charge is -2.25. The van der Waals surface area contributed by atoms with E-state index >= 15 is 0 Å². The van der Waals surface area contributed by atoms with Crippen molar-refractivity contribution in [1.29, 1.82) is 0 Å². The van der Waals surface area contributed by atoms with Gasteiger partial charge in [0.05, 0.1) is 44.5 Å². The highest BCUT2D eigenvalue weighted by atomic mass is 35.5. The van der Waals surface area contributed by atoms with Gasteiger partial charge in [0.1, 0.15) is 12.0 Å². The van der Waals surface area contributed by atoms with E-state index in [4.69, 9.17) is 32.9 Å². The number of rotatable bonds is 7. The fourth-order valence-electron chi connectivity index (χ4n) is 4.00. The molecular formula is C26H24Cl2N6O3S. The number of halogens is 2. The topological polar surface area (TPSA) is 104 Å². The molecular weight excluding hydrogens is 547 g/mol. The number of hydroxylamine groups is 1. The van der Waals surface area contributed by atoms with Crippen molar-refractivity contribution in [2.75, 3.05) is 43.2 Å². The van der Waals surface area contributed by atoms with Crippen molar-refractivity contribution in [3.05, 3.63) is 76.1 Å². The Morgan fingerprint density at radius 1 is 1.13 bits per heavy atom. The molecule has 0 bridgehead atoms. The van der Waals surface area contributed by atoms with Crippen molar-refractivity contribution in [1.82, 2.24) is 19.9 Å². The van der Waals surface area contributed by atoms with E-state index < -0.39 is 6.03 Å². The summed E-state index contributed by atoms with van der Waals surface area (Å²) in [5.74, 6) is 0. The van der Waals surface area contributed by atoms with E-state index in [9.17, 15) is 10.0 Å². The van der Waals surface area contributed by atoms with Crippen molar-refractivity contribution in [3.63, 3.8) is 0 Å². The summed E-state index contributed by atoms with van der Waals surface area (Å²) < 4.78 is 5.45. The average molecular weight is 571 g/mol. The lowest BCUT2D eigenvalue weighted by Crippen LogP contribution is -2.37. The third-order valence-electron chi connectivity index (χ3n) is 5.96. The van der Waals surface area contributed by atoms with E-state index in [0.717, 1.165) is 60.4 Å². The lowest BCUT2D eigenvalue weighted by molar-refractivity contribution is 0.0384. The molecule has 38 heavy (non-hydrogen) atoms. The molecule has 0 aliphatic carbocycles. The average Bonchev–Trinajstić information content (AvgIpc) is 3.39. The number of thiazole rings is 1. The van der Waals surface area contributed by atoms with Gasteiger partial charge in [0.25, 0.3) is 0 Å². The van der Waals surface area contributed by atoms with Gasteiger partial charge in [-0.15, -0.1) is 11.3 Å². The Labute approximate surface area is 233 Å². The monoisotopic (exact) mass is 570 g/mol. The van der Waals surface area contributed by atoms with Crippen LogP contribution in [0.25, 0.3) is 21.8 Å². The van der Waals surface area contributed by atoms with Crippen LogP contribution in [-0.4, -0.2) is 63.9 Å². The Morgan fingerprint density at radius 3 is 2.74 bits per heavy atom. The van der Waals surface area contributed by atoms with Crippen LogP contribution in [0.15, 0.2) is 61.1 Å². The van der Waals surface area contributed by atoms with Crippen LogP contribution in [0.4, 0.5) is 16.2 Å². The van der Waals surface area contributed by atoms with Gasteiger partial charge in [-0.25, -0.2) is 19.7 Å². The van der Waals surface area contributed by atoms with Gasteiger partial charge >= 0.3 is 6.03 Å². The van der Waals surface area contributed by atoms with E-state index in [-0.39, 0.29) is 5.69 Å². The zero-order valence-corrected chi connectivity index (χ0v) is 22.5. The Balaban J connectivity index is 1.39. The van der Waals surface area contributed by atoms with Crippen LogP contribution >= 0.6 is 34.5 Å². The smallest absolute Gasteiger partial charge is 0.350 e. The van der Waals surface area contributed by atoms with E-state index in [0.29, 0.717) is 26.5 Å². The van der Waals surface area contributed by atoms with Crippen molar-refractivity contribution < 1.29 is 14.7 Å². The van der Waals surface area contributed by atoms with E-state index in [1.165, 1.54) is 12.4 Å². The van der Waals surface area contributed by atoms with Gasteiger partial charge in [-0.3, -0.25) is 10.1 Å². The third kappa shape index (κ3) is 6.29. The fraction of sp³-hybridized carbons (Fsp3) is 0.231. The largest absolute Gasteiger partial charge is 0.379 e. The highest BCUT2D eigenvalue weighted by Gasteiger charge is 2.20. The number of carbonyl (C=O) groups excluding carboxylic acids is 1. The predicted octanol–water partition coefficient (Wildman–Crippen LogP) is 5.88. The summed E-state index contributed by atoms with van der Waals surface area (Å²) in [6.07, 6.45) is 3.96. The Hall–Kier alpha value is -3.12.